The van der Waals surface area contributed by atoms with E-state index >= 15 is 0 Å². The summed E-state index contributed by atoms with van der Waals surface area (Å²) in [6.45, 7) is 2.92. The second-order valence-electron chi connectivity index (χ2n) is 4.86. The third-order valence-corrected chi connectivity index (χ3v) is 3.01. The number of aromatic nitrogens is 2. The monoisotopic (exact) mass is 367 g/mol. The Hall–Kier alpha value is -3.14. The van der Waals surface area contributed by atoms with Crippen molar-refractivity contribution < 1.29 is 23.2 Å². The van der Waals surface area contributed by atoms with Crippen LogP contribution in [0.1, 0.15) is 34.2 Å². The zero-order valence-electron chi connectivity index (χ0n) is 14.0. The Kier molecular flexibility index (Phi) is 8.58. The molecule has 2 rings (SSSR count). The highest BCUT2D eigenvalue weighted by Crippen LogP contribution is 2.16. The van der Waals surface area contributed by atoms with Gasteiger partial charge in [0.2, 0.25) is 5.91 Å². The Morgan fingerprint density at radius 3 is 2.50 bits per heavy atom. The molecular formula is C16H19F2N5O3. The first kappa shape index (κ1) is 20.9. The lowest BCUT2D eigenvalue weighted by atomic mass is 10.2. The lowest BCUT2D eigenvalue weighted by Crippen LogP contribution is -2.28. The third kappa shape index (κ3) is 6.06. The zero-order chi connectivity index (χ0) is 19.5. The van der Waals surface area contributed by atoms with Crippen molar-refractivity contribution in [1.82, 2.24) is 15.5 Å². The van der Waals surface area contributed by atoms with Gasteiger partial charge in [0.15, 0.2) is 6.29 Å². The summed E-state index contributed by atoms with van der Waals surface area (Å²) in [4.78, 5) is 32.6. The van der Waals surface area contributed by atoms with Crippen molar-refractivity contribution in [3.63, 3.8) is 0 Å². The van der Waals surface area contributed by atoms with Crippen LogP contribution < -0.4 is 16.4 Å². The van der Waals surface area contributed by atoms with E-state index in [-0.39, 0.29) is 17.3 Å². The van der Waals surface area contributed by atoms with E-state index < -0.39 is 23.1 Å². The average molecular weight is 367 g/mol. The summed E-state index contributed by atoms with van der Waals surface area (Å²) < 4.78 is 26.6. The molecule has 2 aromatic rings. The Labute approximate surface area is 148 Å². The van der Waals surface area contributed by atoms with Crippen molar-refractivity contribution in [2.75, 3.05) is 18.4 Å². The number of anilines is 1. The molecule has 0 unspecified atom stereocenters. The van der Waals surface area contributed by atoms with E-state index in [0.29, 0.717) is 25.8 Å². The fourth-order valence-electron chi connectivity index (χ4n) is 1.72. The summed E-state index contributed by atoms with van der Waals surface area (Å²) in [5, 5.41) is 10.7. The first-order valence-corrected chi connectivity index (χ1v) is 7.65. The van der Waals surface area contributed by atoms with E-state index in [0.717, 1.165) is 18.2 Å². The molecule has 0 aliphatic rings. The number of aromatic amines is 1. The number of amides is 2. The Balaban J connectivity index is 0.000000359. The quantitative estimate of drug-likeness (QED) is 0.571. The van der Waals surface area contributed by atoms with Gasteiger partial charge in [-0.25, -0.2) is 8.78 Å². The summed E-state index contributed by atoms with van der Waals surface area (Å²) in [6.07, 6.45) is 2.14. The first-order valence-electron chi connectivity index (χ1n) is 7.65. The van der Waals surface area contributed by atoms with Crippen LogP contribution in [-0.4, -0.2) is 41.4 Å². The maximum atomic E-state index is 13.3. The van der Waals surface area contributed by atoms with Gasteiger partial charge in [-0.2, -0.15) is 5.10 Å². The molecule has 5 N–H and O–H groups in total. The summed E-state index contributed by atoms with van der Waals surface area (Å²) in [5.41, 5.74) is 4.47. The molecule has 0 spiro atoms. The molecule has 0 saturated carbocycles. The predicted molar refractivity (Wildman–Crippen MR) is 90.6 cm³/mol. The third-order valence-electron chi connectivity index (χ3n) is 3.01. The van der Waals surface area contributed by atoms with Crippen molar-refractivity contribution in [1.29, 1.82) is 0 Å². The van der Waals surface area contributed by atoms with Crippen molar-refractivity contribution in [3.05, 3.63) is 47.3 Å². The van der Waals surface area contributed by atoms with Gasteiger partial charge in [0.25, 0.3) is 5.91 Å². The highest BCUT2D eigenvalue weighted by Gasteiger charge is 2.18. The van der Waals surface area contributed by atoms with Gasteiger partial charge < -0.3 is 16.4 Å². The molecule has 0 radical (unpaired) electrons. The molecule has 0 fully saturated rings. The smallest absolute Gasteiger partial charge is 0.261 e. The van der Waals surface area contributed by atoms with Crippen molar-refractivity contribution in [3.8, 4) is 0 Å². The minimum absolute atomic E-state index is 0.0140. The second kappa shape index (κ2) is 10.7. The van der Waals surface area contributed by atoms with Crippen LogP contribution in [0, 0.1) is 11.6 Å². The molecule has 1 aromatic carbocycles. The van der Waals surface area contributed by atoms with E-state index in [4.69, 9.17) is 5.73 Å². The van der Waals surface area contributed by atoms with E-state index in [1.807, 2.05) is 6.92 Å². The number of aldehydes is 1. The number of nitrogens with one attached hydrogen (secondary N) is 3. The number of rotatable bonds is 6. The van der Waals surface area contributed by atoms with Crippen LogP contribution in [0.25, 0.3) is 0 Å². The lowest BCUT2D eigenvalue weighted by Gasteiger charge is -2.05. The number of benzene rings is 1. The largest absolute Gasteiger partial charge is 0.355 e. The van der Waals surface area contributed by atoms with Crippen molar-refractivity contribution in [2.45, 2.75) is 13.3 Å². The van der Waals surface area contributed by atoms with Gasteiger partial charge in [-0.05, 0) is 12.1 Å². The van der Waals surface area contributed by atoms with Crippen LogP contribution in [0.2, 0.25) is 0 Å². The summed E-state index contributed by atoms with van der Waals surface area (Å²) >= 11 is 0. The zero-order valence-corrected chi connectivity index (χ0v) is 14.0. The number of carbonyl (C=O) groups is 3. The summed E-state index contributed by atoms with van der Waals surface area (Å²) in [7, 11) is 0. The van der Waals surface area contributed by atoms with Gasteiger partial charge >= 0.3 is 0 Å². The maximum absolute atomic E-state index is 13.3. The molecule has 1 aromatic heterocycles. The molecule has 0 bridgehead atoms. The molecule has 8 nitrogen and oxygen atoms in total. The topological polar surface area (TPSA) is 130 Å². The second-order valence-corrected chi connectivity index (χ2v) is 4.86. The van der Waals surface area contributed by atoms with Gasteiger partial charge in [-0.15, -0.1) is 0 Å². The van der Waals surface area contributed by atoms with Crippen LogP contribution in [0.3, 0.4) is 0 Å². The first-order chi connectivity index (χ1) is 12.4. The number of H-pyrrole nitrogens is 1. The number of nitrogens with zero attached hydrogens (tertiary/aromatic N) is 1. The van der Waals surface area contributed by atoms with E-state index in [1.165, 1.54) is 6.20 Å². The van der Waals surface area contributed by atoms with Crippen molar-refractivity contribution in [2.24, 2.45) is 5.73 Å². The van der Waals surface area contributed by atoms with Gasteiger partial charge in [-0.3, -0.25) is 19.5 Å². The van der Waals surface area contributed by atoms with Crippen LogP contribution >= 0.6 is 0 Å². The lowest BCUT2D eigenvalue weighted by molar-refractivity contribution is -0.120. The molecule has 2 amide bonds. The molecule has 26 heavy (non-hydrogen) atoms. The standard InChI is InChI=1S/C11H7F2N3O2.C5H12N2O/c12-6-2-1-3-7(13)10(6)11(18)15-8-4-14-16-9(8)5-17;1-2-5(8)7-4-3-6/h1-5H,(H,14,16)(H,15,18);2-4,6H2,1H3,(H,7,8). The van der Waals surface area contributed by atoms with Crippen LogP contribution in [0.15, 0.2) is 24.4 Å². The molecule has 1 heterocycles. The predicted octanol–water partition coefficient (Wildman–Crippen LogP) is 1.22. The fourth-order valence-corrected chi connectivity index (χ4v) is 1.72. The minimum Gasteiger partial charge on any atom is -0.355 e. The summed E-state index contributed by atoms with van der Waals surface area (Å²) in [5.74, 6) is -2.89. The number of carbonyl (C=O) groups excluding carboxylic acids is 3. The number of nitrogens with two attached hydrogens (primary N) is 1. The van der Waals surface area contributed by atoms with E-state index in [2.05, 4.69) is 20.8 Å². The molecular weight excluding hydrogens is 348 g/mol. The maximum Gasteiger partial charge on any atom is 0.261 e. The number of hydrogen-bond donors (Lipinski definition) is 4. The van der Waals surface area contributed by atoms with Gasteiger partial charge in [0.1, 0.15) is 22.9 Å². The Bertz CT molecular complexity index is 744. The highest BCUT2D eigenvalue weighted by atomic mass is 19.1. The van der Waals surface area contributed by atoms with Gasteiger partial charge in [-0.1, -0.05) is 13.0 Å². The average Bonchev–Trinajstić information content (AvgIpc) is 3.07. The van der Waals surface area contributed by atoms with Gasteiger partial charge in [0, 0.05) is 19.5 Å². The number of halogens is 2. The molecule has 0 saturated heterocycles. The normalized spacial score (nSPS) is 9.69. The van der Waals surface area contributed by atoms with Crippen LogP contribution in [-0.2, 0) is 4.79 Å². The van der Waals surface area contributed by atoms with Crippen LogP contribution in [0.4, 0.5) is 14.5 Å². The molecule has 0 atom stereocenters. The van der Waals surface area contributed by atoms with Crippen LogP contribution in [0.5, 0.6) is 0 Å². The molecule has 10 heteroatoms. The SMILES string of the molecule is CCC(=O)NCCN.O=Cc1[nH]ncc1NC(=O)c1c(F)cccc1F. The summed E-state index contributed by atoms with van der Waals surface area (Å²) in [6, 6.07) is 3.08. The molecule has 0 aliphatic carbocycles. The highest BCUT2D eigenvalue weighted by molar-refractivity contribution is 6.06. The van der Waals surface area contributed by atoms with E-state index in [1.54, 1.807) is 0 Å². The molecule has 140 valence electrons. The van der Waals surface area contributed by atoms with Gasteiger partial charge in [0.05, 0.1) is 11.9 Å². The fraction of sp³-hybridized carbons (Fsp3) is 0.250. The molecule has 0 aliphatic heterocycles. The number of hydrogen-bond acceptors (Lipinski definition) is 5. The minimum atomic E-state index is -0.991. The Morgan fingerprint density at radius 1 is 1.31 bits per heavy atom. The Morgan fingerprint density at radius 2 is 1.96 bits per heavy atom. The van der Waals surface area contributed by atoms with E-state index in [9.17, 15) is 23.2 Å². The van der Waals surface area contributed by atoms with Crippen molar-refractivity contribution >= 4 is 23.8 Å².